The molecule has 2 aliphatic heterocycles. The molecule has 0 aromatic rings. The van der Waals surface area contributed by atoms with Gasteiger partial charge in [-0.05, 0) is 13.8 Å². The molecule has 0 N–H and O–H groups in total. The van der Waals surface area contributed by atoms with Crippen LogP contribution < -0.4 is 0 Å². The minimum atomic E-state index is -0.593. The number of hydrogen-bond acceptors (Lipinski definition) is 8. The van der Waals surface area contributed by atoms with Crippen molar-refractivity contribution in [3.05, 3.63) is 0 Å². The van der Waals surface area contributed by atoms with Crippen LogP contribution in [0.3, 0.4) is 0 Å². The second-order valence-electron chi connectivity index (χ2n) is 3.92. The molecule has 0 radical (unpaired) electrons. The average Bonchev–Trinajstić information content (AvgIpc) is 3.03. The normalized spacial score (nSPS) is 24.1. The number of carbonyl (C=O) groups excluding carboxylic acids is 2. The first-order valence-electron chi connectivity index (χ1n) is 6.48. The summed E-state index contributed by atoms with van der Waals surface area (Å²) in [6.07, 6.45) is -1.59. The zero-order valence-electron chi connectivity index (χ0n) is 11.7. The van der Waals surface area contributed by atoms with E-state index in [-0.39, 0.29) is 12.2 Å². The predicted octanol–water partition coefficient (Wildman–Crippen LogP) is 1.12. The minimum Gasteiger partial charge on any atom is -0.430 e. The molecule has 2 rings (SSSR count). The highest BCUT2D eigenvalue weighted by atomic mass is 16.8. The van der Waals surface area contributed by atoms with E-state index in [1.54, 1.807) is 0 Å². The van der Waals surface area contributed by atoms with E-state index >= 15 is 0 Å². The Morgan fingerprint density at radius 1 is 0.900 bits per heavy atom. The molecule has 2 atom stereocenters. The van der Waals surface area contributed by atoms with E-state index in [1.165, 1.54) is 0 Å². The average molecular weight is 292 g/mol. The van der Waals surface area contributed by atoms with Gasteiger partial charge in [0.25, 0.3) is 0 Å². The van der Waals surface area contributed by atoms with Crippen LogP contribution in [0, 0.1) is 0 Å². The van der Waals surface area contributed by atoms with Crippen LogP contribution in [0.4, 0.5) is 9.59 Å². The molecular formula is C12H20O8. The minimum absolute atomic E-state index is 0.201. The first kappa shape index (κ1) is 16.5. The molecule has 0 aliphatic carbocycles. The molecule has 8 heteroatoms. The smallest absolute Gasteiger partial charge is 0.430 e. The largest absolute Gasteiger partial charge is 0.508 e. The maximum atomic E-state index is 10.3. The molecule has 0 bridgehead atoms. The van der Waals surface area contributed by atoms with Crippen LogP contribution in [-0.2, 0) is 28.4 Å². The summed E-state index contributed by atoms with van der Waals surface area (Å²) in [5.74, 6) is 0. The molecule has 2 heterocycles. The monoisotopic (exact) mass is 292 g/mol. The van der Waals surface area contributed by atoms with Crippen molar-refractivity contribution in [1.29, 1.82) is 0 Å². The lowest BCUT2D eigenvalue weighted by molar-refractivity contribution is 0.0514. The lowest BCUT2D eigenvalue weighted by atomic mass is 10.4. The second-order valence-corrected chi connectivity index (χ2v) is 3.92. The Morgan fingerprint density at radius 2 is 1.30 bits per heavy atom. The van der Waals surface area contributed by atoms with Crippen LogP contribution in [0.2, 0.25) is 0 Å². The zero-order chi connectivity index (χ0) is 14.8. The summed E-state index contributed by atoms with van der Waals surface area (Å²) >= 11 is 0. The van der Waals surface area contributed by atoms with E-state index in [0.29, 0.717) is 39.6 Å². The van der Waals surface area contributed by atoms with Crippen molar-refractivity contribution in [3.63, 3.8) is 0 Å². The van der Waals surface area contributed by atoms with Crippen LogP contribution in [0.5, 0.6) is 0 Å². The van der Waals surface area contributed by atoms with Gasteiger partial charge in [0.05, 0.1) is 13.2 Å². The van der Waals surface area contributed by atoms with E-state index in [1.807, 2.05) is 13.8 Å². The Kier molecular flexibility index (Phi) is 7.74. The van der Waals surface area contributed by atoms with Crippen molar-refractivity contribution < 1.29 is 38.0 Å². The van der Waals surface area contributed by atoms with Crippen LogP contribution >= 0.6 is 0 Å². The van der Waals surface area contributed by atoms with Gasteiger partial charge in [0, 0.05) is 13.2 Å². The van der Waals surface area contributed by atoms with Crippen molar-refractivity contribution >= 4 is 12.3 Å². The summed E-state index contributed by atoms with van der Waals surface area (Å²) in [7, 11) is 0. The van der Waals surface area contributed by atoms with E-state index in [0.717, 1.165) is 0 Å². The van der Waals surface area contributed by atoms with Crippen LogP contribution in [-0.4, -0.2) is 64.2 Å². The Bertz CT molecular complexity index is 276. The Balaban J connectivity index is 0.000000200. The summed E-state index contributed by atoms with van der Waals surface area (Å²) in [6, 6.07) is 0. The number of cyclic esters (lactones) is 4. The third kappa shape index (κ3) is 6.58. The molecule has 0 aromatic carbocycles. The Labute approximate surface area is 117 Å². The fraction of sp³-hybridized carbons (Fsp3) is 0.833. The molecular weight excluding hydrogens is 272 g/mol. The number of ether oxygens (including phenoxy) is 6. The Morgan fingerprint density at radius 3 is 1.55 bits per heavy atom. The SMILES string of the molecule is CCOCC1COC(=O)O1.CCOCC1COC(=O)O1. The quantitative estimate of drug-likeness (QED) is 0.673. The summed E-state index contributed by atoms with van der Waals surface area (Å²) in [6.45, 7) is 6.54. The summed E-state index contributed by atoms with van der Waals surface area (Å²) in [5.41, 5.74) is 0. The van der Waals surface area contributed by atoms with Crippen molar-refractivity contribution in [1.82, 2.24) is 0 Å². The number of carbonyl (C=O) groups is 2. The highest BCUT2D eigenvalue weighted by Gasteiger charge is 2.25. The predicted molar refractivity (Wildman–Crippen MR) is 65.4 cm³/mol. The van der Waals surface area contributed by atoms with Gasteiger partial charge in [-0.2, -0.15) is 0 Å². The van der Waals surface area contributed by atoms with Gasteiger partial charge in [-0.1, -0.05) is 0 Å². The molecule has 8 nitrogen and oxygen atoms in total. The fourth-order valence-electron chi connectivity index (χ4n) is 1.39. The van der Waals surface area contributed by atoms with Crippen molar-refractivity contribution in [2.24, 2.45) is 0 Å². The molecule has 0 amide bonds. The lowest BCUT2D eigenvalue weighted by Crippen LogP contribution is -2.17. The standard InChI is InChI=1S/2C6H10O4/c2*1-2-8-3-5-4-9-6(7)10-5/h2*5H,2-4H2,1H3. The molecule has 116 valence electrons. The number of hydrogen-bond donors (Lipinski definition) is 0. The Hall–Kier alpha value is -1.54. The second kappa shape index (κ2) is 9.38. The number of rotatable bonds is 6. The molecule has 20 heavy (non-hydrogen) atoms. The van der Waals surface area contributed by atoms with Gasteiger partial charge in [0.1, 0.15) is 13.2 Å². The van der Waals surface area contributed by atoms with Crippen molar-refractivity contribution in [2.75, 3.05) is 39.6 Å². The molecule has 2 aliphatic rings. The van der Waals surface area contributed by atoms with E-state index in [2.05, 4.69) is 18.9 Å². The third-order valence-corrected chi connectivity index (χ3v) is 2.32. The zero-order valence-corrected chi connectivity index (χ0v) is 11.7. The third-order valence-electron chi connectivity index (χ3n) is 2.32. The van der Waals surface area contributed by atoms with E-state index < -0.39 is 12.3 Å². The first-order valence-corrected chi connectivity index (χ1v) is 6.48. The van der Waals surface area contributed by atoms with Crippen molar-refractivity contribution in [2.45, 2.75) is 26.1 Å². The molecule has 0 saturated carbocycles. The first-order chi connectivity index (χ1) is 9.65. The maximum Gasteiger partial charge on any atom is 0.508 e. The van der Waals surface area contributed by atoms with E-state index in [4.69, 9.17) is 9.47 Å². The van der Waals surface area contributed by atoms with Gasteiger partial charge < -0.3 is 28.4 Å². The summed E-state index contributed by atoms with van der Waals surface area (Å²) in [5, 5.41) is 0. The van der Waals surface area contributed by atoms with Crippen molar-refractivity contribution in [3.8, 4) is 0 Å². The molecule has 2 fully saturated rings. The van der Waals surface area contributed by atoms with Gasteiger partial charge in [-0.25, -0.2) is 9.59 Å². The van der Waals surface area contributed by atoms with E-state index in [9.17, 15) is 9.59 Å². The maximum absolute atomic E-state index is 10.3. The van der Waals surface area contributed by atoms with Gasteiger partial charge in [-0.15, -0.1) is 0 Å². The topological polar surface area (TPSA) is 89.5 Å². The summed E-state index contributed by atoms with van der Waals surface area (Å²) in [4.78, 5) is 20.6. The van der Waals surface area contributed by atoms with Crippen LogP contribution in [0.25, 0.3) is 0 Å². The van der Waals surface area contributed by atoms with Gasteiger partial charge in [-0.3, -0.25) is 0 Å². The highest BCUT2D eigenvalue weighted by Crippen LogP contribution is 2.06. The highest BCUT2D eigenvalue weighted by molar-refractivity contribution is 5.62. The summed E-state index contributed by atoms with van der Waals surface area (Å²) < 4.78 is 28.4. The lowest BCUT2D eigenvalue weighted by Gasteiger charge is -2.04. The molecule has 0 spiro atoms. The van der Waals surface area contributed by atoms with Gasteiger partial charge in [0.15, 0.2) is 12.2 Å². The molecule has 0 aromatic heterocycles. The van der Waals surface area contributed by atoms with Gasteiger partial charge >= 0.3 is 12.3 Å². The molecule has 2 unspecified atom stereocenters. The molecule has 2 saturated heterocycles. The van der Waals surface area contributed by atoms with Crippen LogP contribution in [0.15, 0.2) is 0 Å². The fourth-order valence-corrected chi connectivity index (χ4v) is 1.39. The van der Waals surface area contributed by atoms with Gasteiger partial charge in [0.2, 0.25) is 0 Å². The van der Waals surface area contributed by atoms with Crippen LogP contribution in [0.1, 0.15) is 13.8 Å².